The lowest BCUT2D eigenvalue weighted by Gasteiger charge is -2.23. The molecule has 2 unspecified atom stereocenters. The van der Waals surface area contributed by atoms with Gasteiger partial charge < -0.3 is 20.3 Å². The summed E-state index contributed by atoms with van der Waals surface area (Å²) >= 11 is 0. The van der Waals surface area contributed by atoms with Crippen LogP contribution in [-0.4, -0.2) is 45.7 Å². The standard InChI is InChI=1S/C11H20N4O2/c1-4-14(3)11(17)8(2)15-7-13-5-10(15)9(12)6-16/h5,7-9,16H,4,6,12H2,1-3H3. The second-order valence-electron chi connectivity index (χ2n) is 4.04. The highest BCUT2D eigenvalue weighted by Gasteiger charge is 2.22. The fourth-order valence-electron chi connectivity index (χ4n) is 1.61. The molecule has 1 rings (SSSR count). The lowest BCUT2D eigenvalue weighted by atomic mass is 10.2. The van der Waals surface area contributed by atoms with Gasteiger partial charge in [0.15, 0.2) is 0 Å². The normalized spacial score (nSPS) is 14.4. The van der Waals surface area contributed by atoms with Gasteiger partial charge in [0.05, 0.1) is 24.7 Å². The summed E-state index contributed by atoms with van der Waals surface area (Å²) in [6.45, 7) is 4.19. The van der Waals surface area contributed by atoms with Crippen molar-refractivity contribution < 1.29 is 9.90 Å². The summed E-state index contributed by atoms with van der Waals surface area (Å²) < 4.78 is 1.70. The molecule has 96 valence electrons. The molecule has 6 nitrogen and oxygen atoms in total. The third kappa shape index (κ3) is 2.83. The highest BCUT2D eigenvalue weighted by molar-refractivity contribution is 5.79. The van der Waals surface area contributed by atoms with E-state index in [-0.39, 0.29) is 18.6 Å². The van der Waals surface area contributed by atoms with E-state index in [4.69, 9.17) is 10.8 Å². The molecule has 0 fully saturated rings. The van der Waals surface area contributed by atoms with Crippen molar-refractivity contribution in [3.63, 3.8) is 0 Å². The number of amides is 1. The molecule has 17 heavy (non-hydrogen) atoms. The van der Waals surface area contributed by atoms with Gasteiger partial charge in [-0.2, -0.15) is 0 Å². The molecule has 1 aromatic rings. The highest BCUT2D eigenvalue weighted by Crippen LogP contribution is 2.16. The molecule has 0 aliphatic heterocycles. The van der Waals surface area contributed by atoms with E-state index < -0.39 is 6.04 Å². The van der Waals surface area contributed by atoms with E-state index >= 15 is 0 Å². The van der Waals surface area contributed by atoms with E-state index in [1.165, 1.54) is 0 Å². The van der Waals surface area contributed by atoms with E-state index in [1.807, 2.05) is 6.92 Å². The molecule has 0 bridgehead atoms. The summed E-state index contributed by atoms with van der Waals surface area (Å²) in [5.74, 6) is -0.00288. The van der Waals surface area contributed by atoms with Gasteiger partial charge in [-0.1, -0.05) is 0 Å². The zero-order valence-electron chi connectivity index (χ0n) is 10.5. The van der Waals surface area contributed by atoms with Crippen LogP contribution in [0.15, 0.2) is 12.5 Å². The van der Waals surface area contributed by atoms with Crippen molar-refractivity contribution >= 4 is 5.91 Å². The smallest absolute Gasteiger partial charge is 0.245 e. The first-order valence-corrected chi connectivity index (χ1v) is 5.66. The minimum atomic E-state index is -0.514. The molecule has 0 spiro atoms. The van der Waals surface area contributed by atoms with E-state index in [0.29, 0.717) is 12.2 Å². The summed E-state index contributed by atoms with van der Waals surface area (Å²) in [5.41, 5.74) is 6.42. The summed E-state index contributed by atoms with van der Waals surface area (Å²) in [4.78, 5) is 17.6. The summed E-state index contributed by atoms with van der Waals surface area (Å²) in [6.07, 6.45) is 3.15. The number of hydrogen-bond donors (Lipinski definition) is 2. The van der Waals surface area contributed by atoms with Gasteiger partial charge in [0.1, 0.15) is 6.04 Å². The molecule has 3 N–H and O–H groups in total. The Morgan fingerprint density at radius 2 is 2.35 bits per heavy atom. The van der Waals surface area contributed by atoms with E-state index in [9.17, 15) is 4.79 Å². The average Bonchev–Trinajstić information content (AvgIpc) is 2.83. The van der Waals surface area contributed by atoms with Crippen LogP contribution >= 0.6 is 0 Å². The molecule has 6 heteroatoms. The Morgan fingerprint density at radius 1 is 1.71 bits per heavy atom. The maximum atomic E-state index is 12.0. The maximum absolute atomic E-state index is 12.0. The van der Waals surface area contributed by atoms with E-state index in [1.54, 1.807) is 36.0 Å². The molecule has 0 aromatic carbocycles. The van der Waals surface area contributed by atoms with Crippen LogP contribution in [0.4, 0.5) is 0 Å². The maximum Gasteiger partial charge on any atom is 0.245 e. The van der Waals surface area contributed by atoms with Crippen molar-refractivity contribution in [2.24, 2.45) is 5.73 Å². The van der Waals surface area contributed by atoms with Crippen molar-refractivity contribution in [1.82, 2.24) is 14.5 Å². The minimum Gasteiger partial charge on any atom is -0.394 e. The van der Waals surface area contributed by atoms with Gasteiger partial charge in [0, 0.05) is 19.8 Å². The third-order valence-corrected chi connectivity index (χ3v) is 2.90. The average molecular weight is 240 g/mol. The molecule has 0 aliphatic carbocycles. The van der Waals surface area contributed by atoms with Crippen LogP contribution < -0.4 is 5.73 Å². The van der Waals surface area contributed by atoms with Crippen LogP contribution in [0.25, 0.3) is 0 Å². The molecule has 2 atom stereocenters. The Balaban J connectivity index is 2.93. The lowest BCUT2D eigenvalue weighted by Crippen LogP contribution is -2.34. The van der Waals surface area contributed by atoms with Gasteiger partial charge in [-0.15, -0.1) is 0 Å². The topological polar surface area (TPSA) is 84.4 Å². The van der Waals surface area contributed by atoms with Crippen LogP contribution in [0.1, 0.15) is 31.6 Å². The van der Waals surface area contributed by atoms with Crippen LogP contribution in [0, 0.1) is 0 Å². The molecule has 0 radical (unpaired) electrons. The fraction of sp³-hybridized carbons (Fsp3) is 0.636. The third-order valence-electron chi connectivity index (χ3n) is 2.90. The zero-order chi connectivity index (χ0) is 13.0. The quantitative estimate of drug-likeness (QED) is 0.753. The largest absolute Gasteiger partial charge is 0.394 e. The molecule has 1 heterocycles. The number of carbonyl (C=O) groups is 1. The number of nitrogens with two attached hydrogens (primary N) is 1. The van der Waals surface area contributed by atoms with Crippen LogP contribution in [0.3, 0.4) is 0 Å². The van der Waals surface area contributed by atoms with Gasteiger partial charge in [-0.25, -0.2) is 4.98 Å². The first kappa shape index (κ1) is 13.7. The molecule has 0 saturated heterocycles. The van der Waals surface area contributed by atoms with Gasteiger partial charge in [-0.3, -0.25) is 4.79 Å². The van der Waals surface area contributed by atoms with Crippen molar-refractivity contribution in [2.75, 3.05) is 20.2 Å². The Bertz CT molecular complexity index is 377. The second-order valence-corrected chi connectivity index (χ2v) is 4.04. The van der Waals surface area contributed by atoms with Crippen molar-refractivity contribution in [3.8, 4) is 0 Å². The molecule has 1 aromatic heterocycles. The van der Waals surface area contributed by atoms with Crippen LogP contribution in [-0.2, 0) is 4.79 Å². The Morgan fingerprint density at radius 3 is 2.88 bits per heavy atom. The lowest BCUT2D eigenvalue weighted by molar-refractivity contribution is -0.132. The monoisotopic (exact) mass is 240 g/mol. The second kappa shape index (κ2) is 5.79. The predicted octanol–water partition coefficient (Wildman–Crippen LogP) is -0.0855. The predicted molar refractivity (Wildman–Crippen MR) is 64.3 cm³/mol. The number of rotatable bonds is 5. The van der Waals surface area contributed by atoms with Gasteiger partial charge >= 0.3 is 0 Å². The molecule has 1 amide bonds. The molecule has 0 saturated carbocycles. The summed E-state index contributed by atoms with van der Waals surface area (Å²) in [6, 6.07) is -0.880. The van der Waals surface area contributed by atoms with Gasteiger partial charge in [0.25, 0.3) is 0 Å². The molecular formula is C11H20N4O2. The number of aliphatic hydroxyl groups is 1. The van der Waals surface area contributed by atoms with Crippen molar-refractivity contribution in [3.05, 3.63) is 18.2 Å². The molecule has 0 aliphatic rings. The van der Waals surface area contributed by atoms with E-state index in [0.717, 1.165) is 0 Å². The highest BCUT2D eigenvalue weighted by atomic mass is 16.3. The Kier molecular flexibility index (Phi) is 4.65. The van der Waals surface area contributed by atoms with Crippen LogP contribution in [0.5, 0.6) is 0 Å². The Hall–Kier alpha value is -1.40. The van der Waals surface area contributed by atoms with Gasteiger partial charge in [-0.05, 0) is 13.8 Å². The minimum absolute atomic E-state index is 0.00288. The number of likely N-dealkylation sites (N-methyl/N-ethyl adjacent to an activating group) is 1. The SMILES string of the molecule is CCN(C)C(=O)C(C)n1cncc1C(N)CO. The summed E-state index contributed by atoms with van der Waals surface area (Å²) in [7, 11) is 1.75. The first-order chi connectivity index (χ1) is 8.02. The number of nitrogens with zero attached hydrogens (tertiary/aromatic N) is 3. The number of aliphatic hydroxyl groups excluding tert-OH is 1. The van der Waals surface area contributed by atoms with Crippen molar-refractivity contribution in [2.45, 2.75) is 25.9 Å². The van der Waals surface area contributed by atoms with Gasteiger partial charge in [0.2, 0.25) is 5.91 Å². The number of aromatic nitrogens is 2. The first-order valence-electron chi connectivity index (χ1n) is 5.66. The summed E-state index contributed by atoms with van der Waals surface area (Å²) in [5, 5.41) is 9.05. The van der Waals surface area contributed by atoms with Crippen molar-refractivity contribution in [1.29, 1.82) is 0 Å². The number of hydrogen-bond acceptors (Lipinski definition) is 4. The fourth-order valence-corrected chi connectivity index (χ4v) is 1.61. The Labute approximate surface area is 101 Å². The van der Waals surface area contributed by atoms with E-state index in [2.05, 4.69) is 4.98 Å². The van der Waals surface area contributed by atoms with Crippen LogP contribution in [0.2, 0.25) is 0 Å². The molecular weight excluding hydrogens is 220 g/mol. The number of carbonyl (C=O) groups excluding carboxylic acids is 1. The number of imidazole rings is 1. The zero-order valence-corrected chi connectivity index (χ0v) is 10.5.